The Morgan fingerprint density at radius 2 is 1.79 bits per heavy atom. The summed E-state index contributed by atoms with van der Waals surface area (Å²) in [5, 5.41) is 2.76. The van der Waals surface area contributed by atoms with E-state index in [1.54, 1.807) is 18.2 Å². The summed E-state index contributed by atoms with van der Waals surface area (Å²) in [5.74, 6) is -2.28. The lowest BCUT2D eigenvalue weighted by atomic mass is 9.94. The first-order valence-corrected chi connectivity index (χ1v) is 9.13. The van der Waals surface area contributed by atoms with Crippen molar-refractivity contribution in [2.24, 2.45) is 0 Å². The van der Waals surface area contributed by atoms with Crippen LogP contribution in [0.15, 0.2) is 30.0 Å². The zero-order valence-corrected chi connectivity index (χ0v) is 15.8. The van der Waals surface area contributed by atoms with Gasteiger partial charge in [-0.3, -0.25) is 14.5 Å². The molecule has 0 bridgehead atoms. The first-order chi connectivity index (χ1) is 13.5. The van der Waals surface area contributed by atoms with Crippen molar-refractivity contribution in [3.63, 3.8) is 0 Å². The van der Waals surface area contributed by atoms with Crippen molar-refractivity contribution >= 4 is 29.4 Å². The molecule has 1 saturated carbocycles. The fraction of sp³-hybridized carbons (Fsp3) is 0.400. The quantitative estimate of drug-likeness (QED) is 0.470. The van der Waals surface area contributed by atoms with Crippen LogP contribution in [0.2, 0.25) is 0 Å². The highest BCUT2D eigenvalue weighted by Gasteiger charge is 2.41. The van der Waals surface area contributed by atoms with Gasteiger partial charge in [-0.15, -0.1) is 0 Å². The number of benzene rings is 1. The van der Waals surface area contributed by atoms with Crippen molar-refractivity contribution in [1.82, 2.24) is 4.90 Å². The van der Waals surface area contributed by atoms with Gasteiger partial charge in [0.1, 0.15) is 5.70 Å². The maximum absolute atomic E-state index is 13.1. The molecule has 8 heteroatoms. The molecule has 148 valence electrons. The Kier molecular flexibility index (Phi) is 5.77. The van der Waals surface area contributed by atoms with E-state index in [2.05, 4.69) is 14.8 Å². The average Bonchev–Trinajstić information content (AvgIpc) is 2.98. The molecule has 28 heavy (non-hydrogen) atoms. The van der Waals surface area contributed by atoms with Gasteiger partial charge in [-0.1, -0.05) is 25.3 Å². The number of nitrogens with one attached hydrogen (secondary N) is 1. The predicted octanol–water partition coefficient (Wildman–Crippen LogP) is 2.26. The zero-order chi connectivity index (χ0) is 20.3. The Morgan fingerprint density at radius 1 is 1.07 bits per heavy atom. The van der Waals surface area contributed by atoms with Crippen molar-refractivity contribution in [1.29, 1.82) is 0 Å². The van der Waals surface area contributed by atoms with Gasteiger partial charge in [0.05, 0.1) is 37.1 Å². The number of carbonyl (C=O) groups excluding carboxylic acids is 4. The van der Waals surface area contributed by atoms with Crippen LogP contribution in [0.4, 0.5) is 5.69 Å². The summed E-state index contributed by atoms with van der Waals surface area (Å²) in [7, 11) is 2.35. The lowest BCUT2D eigenvalue weighted by Crippen LogP contribution is -2.41. The van der Waals surface area contributed by atoms with Gasteiger partial charge >= 0.3 is 11.9 Å². The summed E-state index contributed by atoms with van der Waals surface area (Å²) in [6.45, 7) is 0. The third-order valence-electron chi connectivity index (χ3n) is 5.02. The van der Waals surface area contributed by atoms with Crippen LogP contribution in [-0.4, -0.2) is 48.9 Å². The van der Waals surface area contributed by atoms with Gasteiger partial charge in [-0.2, -0.15) is 0 Å². The number of methoxy groups -OCH3 is 2. The van der Waals surface area contributed by atoms with E-state index in [0.29, 0.717) is 0 Å². The molecule has 2 aliphatic rings. The second-order valence-corrected chi connectivity index (χ2v) is 6.70. The molecule has 1 heterocycles. The molecule has 0 radical (unpaired) electrons. The van der Waals surface area contributed by atoms with Gasteiger partial charge in [0, 0.05) is 6.04 Å². The number of carbonyl (C=O) groups is 4. The van der Waals surface area contributed by atoms with Gasteiger partial charge in [0.2, 0.25) is 0 Å². The lowest BCUT2D eigenvalue weighted by molar-refractivity contribution is -0.138. The van der Waals surface area contributed by atoms with Crippen molar-refractivity contribution in [3.8, 4) is 0 Å². The van der Waals surface area contributed by atoms with Gasteiger partial charge in [-0.05, 0) is 25.0 Å². The molecule has 2 amide bonds. The van der Waals surface area contributed by atoms with E-state index < -0.39 is 17.8 Å². The van der Waals surface area contributed by atoms with E-state index >= 15 is 0 Å². The van der Waals surface area contributed by atoms with Gasteiger partial charge in [0.25, 0.3) is 11.8 Å². The second kappa shape index (κ2) is 8.24. The number of fused-ring (bicyclic) bond motifs is 1. The molecule has 1 fully saturated rings. The van der Waals surface area contributed by atoms with Crippen LogP contribution in [0.5, 0.6) is 0 Å². The highest BCUT2D eigenvalue weighted by molar-refractivity contribution is 6.24. The smallest absolute Gasteiger partial charge is 0.354 e. The van der Waals surface area contributed by atoms with Crippen LogP contribution in [-0.2, 0) is 19.1 Å². The first-order valence-electron chi connectivity index (χ1n) is 9.13. The Bertz CT molecular complexity index is 854. The molecule has 1 aliphatic carbocycles. The Balaban J connectivity index is 1.95. The van der Waals surface area contributed by atoms with E-state index in [1.165, 1.54) is 19.1 Å². The maximum atomic E-state index is 13.1. The molecule has 1 N–H and O–H groups in total. The minimum Gasteiger partial charge on any atom is -0.466 e. The number of ether oxygens (including phenoxy) is 2. The van der Waals surface area contributed by atoms with Crippen molar-refractivity contribution in [3.05, 3.63) is 41.1 Å². The largest absolute Gasteiger partial charge is 0.466 e. The third-order valence-corrected chi connectivity index (χ3v) is 5.02. The van der Waals surface area contributed by atoms with Gasteiger partial charge in [-0.25, -0.2) is 9.59 Å². The standard InChI is InChI=1S/C20H22N2O6/c1-27-16(23)11-15(20(26)28-2)21-14-10-6-9-13-17(14)19(25)22(18(13)24)12-7-4-3-5-8-12/h6,9-12,21H,3-5,7-8H2,1-2H3/b15-11+. The summed E-state index contributed by atoms with van der Waals surface area (Å²) >= 11 is 0. The second-order valence-electron chi connectivity index (χ2n) is 6.70. The van der Waals surface area contributed by atoms with Crippen molar-refractivity contribution in [2.45, 2.75) is 38.1 Å². The molecule has 1 aromatic carbocycles. The van der Waals surface area contributed by atoms with Gasteiger partial charge in [0.15, 0.2) is 0 Å². The summed E-state index contributed by atoms with van der Waals surface area (Å²) in [5.41, 5.74) is 0.537. The van der Waals surface area contributed by atoms with Crippen LogP contribution in [0.3, 0.4) is 0 Å². The van der Waals surface area contributed by atoms with Crippen LogP contribution >= 0.6 is 0 Å². The van der Waals surface area contributed by atoms with E-state index in [9.17, 15) is 19.2 Å². The minimum atomic E-state index is -0.802. The number of nitrogens with zero attached hydrogens (tertiary/aromatic N) is 1. The number of esters is 2. The molecule has 0 aromatic heterocycles. The monoisotopic (exact) mass is 386 g/mol. The molecule has 0 saturated heterocycles. The lowest BCUT2D eigenvalue weighted by Gasteiger charge is -2.29. The van der Waals surface area contributed by atoms with Crippen LogP contribution in [0.1, 0.15) is 52.8 Å². The van der Waals surface area contributed by atoms with Crippen molar-refractivity contribution < 1.29 is 28.7 Å². The summed E-state index contributed by atoms with van der Waals surface area (Å²) in [6.07, 6.45) is 5.60. The number of amides is 2. The normalized spacial score (nSPS) is 17.4. The first kappa shape index (κ1) is 19.6. The maximum Gasteiger partial charge on any atom is 0.354 e. The molecule has 0 atom stereocenters. The Morgan fingerprint density at radius 3 is 2.43 bits per heavy atom. The molecular weight excluding hydrogens is 364 g/mol. The van der Waals surface area contributed by atoms with E-state index in [0.717, 1.165) is 38.2 Å². The molecule has 1 aliphatic heterocycles. The van der Waals surface area contributed by atoms with Crippen LogP contribution in [0.25, 0.3) is 0 Å². The minimum absolute atomic E-state index is 0.111. The number of rotatable bonds is 5. The van der Waals surface area contributed by atoms with Crippen LogP contribution in [0, 0.1) is 0 Å². The fourth-order valence-corrected chi connectivity index (χ4v) is 3.66. The molecule has 3 rings (SSSR count). The zero-order valence-electron chi connectivity index (χ0n) is 15.8. The molecule has 0 spiro atoms. The third kappa shape index (κ3) is 3.62. The van der Waals surface area contributed by atoms with E-state index in [4.69, 9.17) is 0 Å². The number of anilines is 1. The number of imide groups is 1. The van der Waals surface area contributed by atoms with Crippen LogP contribution < -0.4 is 5.32 Å². The van der Waals surface area contributed by atoms with Gasteiger partial charge < -0.3 is 14.8 Å². The summed E-state index contributed by atoms with van der Waals surface area (Å²) in [4.78, 5) is 50.8. The molecule has 0 unspecified atom stereocenters. The molecule has 8 nitrogen and oxygen atoms in total. The highest BCUT2D eigenvalue weighted by atomic mass is 16.5. The summed E-state index contributed by atoms with van der Waals surface area (Å²) in [6, 6.07) is 4.66. The Hall–Kier alpha value is -3.16. The topological polar surface area (TPSA) is 102 Å². The fourth-order valence-electron chi connectivity index (χ4n) is 3.66. The SMILES string of the molecule is COC(=O)/C=C(/Nc1cccc2c1C(=O)N(C1CCCCC1)C2=O)C(=O)OC. The average molecular weight is 386 g/mol. The highest BCUT2D eigenvalue weighted by Crippen LogP contribution is 2.34. The molecular formula is C20H22N2O6. The van der Waals surface area contributed by atoms with Crippen molar-refractivity contribution in [2.75, 3.05) is 19.5 Å². The van der Waals surface area contributed by atoms with E-state index in [-0.39, 0.29) is 34.5 Å². The predicted molar refractivity (Wildman–Crippen MR) is 99.6 cm³/mol. The van der Waals surface area contributed by atoms with E-state index in [1.807, 2.05) is 0 Å². The number of hydrogen-bond donors (Lipinski definition) is 1. The number of hydrogen-bond acceptors (Lipinski definition) is 7. The Labute approximate surface area is 162 Å². The summed E-state index contributed by atoms with van der Waals surface area (Å²) < 4.78 is 9.22. The molecule has 1 aromatic rings.